The van der Waals surface area contributed by atoms with Crippen LogP contribution in [0.1, 0.15) is 0 Å². The summed E-state index contributed by atoms with van der Waals surface area (Å²) in [6.45, 7) is 0. The molecule has 4 aromatic rings. The molecule has 1 N–H and O–H groups in total. The standard InChI is InChI=1S/C22H18ClN5O2S/c1-30-18-12-6-5-10-16(18)21-26-27-22(28(21)15-8-3-2-4-9-15)31-14-19(29)25-17-11-7-13-24-20(17)23/h2-13H,14H2,1H3,(H,25,29). The summed E-state index contributed by atoms with van der Waals surface area (Å²) in [4.78, 5) is 16.4. The smallest absolute Gasteiger partial charge is 0.234 e. The van der Waals surface area contributed by atoms with Crippen LogP contribution >= 0.6 is 23.4 Å². The molecule has 2 aromatic heterocycles. The van der Waals surface area contributed by atoms with Gasteiger partial charge < -0.3 is 10.1 Å². The van der Waals surface area contributed by atoms with E-state index in [0.29, 0.717) is 22.4 Å². The highest BCUT2D eigenvalue weighted by molar-refractivity contribution is 7.99. The van der Waals surface area contributed by atoms with Crippen molar-refractivity contribution in [2.75, 3.05) is 18.2 Å². The number of benzene rings is 2. The Morgan fingerprint density at radius 2 is 1.84 bits per heavy atom. The number of aromatic nitrogens is 4. The van der Waals surface area contributed by atoms with Crippen LogP contribution in [0, 0.1) is 0 Å². The van der Waals surface area contributed by atoms with E-state index in [0.717, 1.165) is 11.3 Å². The van der Waals surface area contributed by atoms with Crippen LogP contribution in [0.2, 0.25) is 5.15 Å². The monoisotopic (exact) mass is 451 g/mol. The third-order valence-electron chi connectivity index (χ3n) is 4.36. The minimum Gasteiger partial charge on any atom is -0.496 e. The first-order valence-corrected chi connectivity index (χ1v) is 10.7. The number of carbonyl (C=O) groups excluding carboxylic acids is 1. The molecule has 0 fully saturated rings. The van der Waals surface area contributed by atoms with Gasteiger partial charge in [0.2, 0.25) is 5.91 Å². The van der Waals surface area contributed by atoms with Crippen LogP contribution in [-0.4, -0.2) is 38.5 Å². The maximum atomic E-state index is 12.5. The van der Waals surface area contributed by atoms with Gasteiger partial charge in [0, 0.05) is 11.9 Å². The lowest BCUT2D eigenvalue weighted by Crippen LogP contribution is -2.15. The molecule has 0 atom stereocenters. The lowest BCUT2D eigenvalue weighted by Gasteiger charge is -2.12. The summed E-state index contributed by atoms with van der Waals surface area (Å²) in [5.74, 6) is 1.22. The van der Waals surface area contributed by atoms with Crippen molar-refractivity contribution in [2.45, 2.75) is 5.16 Å². The van der Waals surface area contributed by atoms with Crippen molar-refractivity contribution >= 4 is 35.0 Å². The zero-order chi connectivity index (χ0) is 21.6. The molecule has 0 saturated carbocycles. The number of rotatable bonds is 7. The van der Waals surface area contributed by atoms with Gasteiger partial charge in [0.1, 0.15) is 5.75 Å². The Balaban J connectivity index is 1.63. The van der Waals surface area contributed by atoms with Gasteiger partial charge in [-0.15, -0.1) is 10.2 Å². The maximum Gasteiger partial charge on any atom is 0.234 e. The summed E-state index contributed by atoms with van der Waals surface area (Å²) < 4.78 is 7.41. The van der Waals surface area contributed by atoms with E-state index < -0.39 is 0 Å². The molecule has 0 aliphatic carbocycles. The van der Waals surface area contributed by atoms with E-state index in [1.807, 2.05) is 59.2 Å². The Bertz CT molecular complexity index is 1200. The maximum absolute atomic E-state index is 12.5. The highest BCUT2D eigenvalue weighted by Gasteiger charge is 2.19. The molecule has 4 rings (SSSR count). The molecule has 0 saturated heterocycles. The van der Waals surface area contributed by atoms with Crippen molar-refractivity contribution in [2.24, 2.45) is 0 Å². The van der Waals surface area contributed by atoms with Crippen molar-refractivity contribution < 1.29 is 9.53 Å². The molecule has 7 nitrogen and oxygen atoms in total. The number of hydrogen-bond acceptors (Lipinski definition) is 6. The summed E-state index contributed by atoms with van der Waals surface area (Å²) in [7, 11) is 1.62. The largest absolute Gasteiger partial charge is 0.496 e. The summed E-state index contributed by atoms with van der Waals surface area (Å²) in [6.07, 6.45) is 1.56. The average molecular weight is 452 g/mol. The second-order valence-electron chi connectivity index (χ2n) is 6.36. The number of pyridine rings is 1. The molecule has 0 unspecified atom stereocenters. The number of methoxy groups -OCH3 is 1. The molecule has 156 valence electrons. The second-order valence-corrected chi connectivity index (χ2v) is 7.66. The van der Waals surface area contributed by atoms with E-state index in [4.69, 9.17) is 16.3 Å². The lowest BCUT2D eigenvalue weighted by atomic mass is 10.2. The molecule has 1 amide bonds. The molecule has 0 radical (unpaired) electrons. The van der Waals surface area contributed by atoms with E-state index in [-0.39, 0.29) is 16.8 Å². The second kappa shape index (κ2) is 9.63. The molecule has 0 spiro atoms. The molecule has 0 bridgehead atoms. The Labute approximate surface area is 188 Å². The molecule has 2 heterocycles. The molecule has 31 heavy (non-hydrogen) atoms. The number of thioether (sulfide) groups is 1. The molecule has 0 aliphatic heterocycles. The van der Waals surface area contributed by atoms with Gasteiger partial charge in [-0.25, -0.2) is 4.98 Å². The molecule has 2 aromatic carbocycles. The van der Waals surface area contributed by atoms with Crippen LogP contribution < -0.4 is 10.1 Å². The summed E-state index contributed by atoms with van der Waals surface area (Å²) in [5.41, 5.74) is 2.15. The van der Waals surface area contributed by atoms with Crippen LogP contribution in [0.5, 0.6) is 5.75 Å². The first-order valence-electron chi connectivity index (χ1n) is 9.35. The van der Waals surface area contributed by atoms with Crippen molar-refractivity contribution in [3.05, 3.63) is 78.1 Å². The quantitative estimate of drug-likeness (QED) is 0.323. The van der Waals surface area contributed by atoms with Crippen LogP contribution in [0.4, 0.5) is 5.69 Å². The number of amides is 1. The Morgan fingerprint density at radius 3 is 2.61 bits per heavy atom. The number of hydrogen-bond donors (Lipinski definition) is 1. The van der Waals surface area contributed by atoms with Gasteiger partial charge in [0.15, 0.2) is 16.1 Å². The fraction of sp³-hybridized carbons (Fsp3) is 0.0909. The topological polar surface area (TPSA) is 81.9 Å². The summed E-state index contributed by atoms with van der Waals surface area (Å²) in [6, 6.07) is 20.8. The first-order chi connectivity index (χ1) is 15.2. The average Bonchev–Trinajstić information content (AvgIpc) is 3.23. The molecule has 9 heteroatoms. The van der Waals surface area contributed by atoms with E-state index in [9.17, 15) is 4.79 Å². The Morgan fingerprint density at radius 1 is 1.06 bits per heavy atom. The van der Waals surface area contributed by atoms with Gasteiger partial charge in [0.05, 0.1) is 24.1 Å². The number of anilines is 1. The number of nitrogens with one attached hydrogen (secondary N) is 1. The SMILES string of the molecule is COc1ccccc1-c1nnc(SCC(=O)Nc2cccnc2Cl)n1-c1ccccc1. The predicted molar refractivity (Wildman–Crippen MR) is 122 cm³/mol. The van der Waals surface area contributed by atoms with Gasteiger partial charge in [0.25, 0.3) is 0 Å². The molecular formula is C22H18ClN5O2S. The van der Waals surface area contributed by atoms with E-state index in [1.165, 1.54) is 11.8 Å². The van der Waals surface area contributed by atoms with Crippen molar-refractivity contribution in [3.63, 3.8) is 0 Å². The van der Waals surface area contributed by atoms with Crippen molar-refractivity contribution in [3.8, 4) is 22.8 Å². The number of para-hydroxylation sites is 2. The van der Waals surface area contributed by atoms with Gasteiger partial charge in [-0.1, -0.05) is 53.7 Å². The zero-order valence-electron chi connectivity index (χ0n) is 16.5. The van der Waals surface area contributed by atoms with Crippen LogP contribution in [0.25, 0.3) is 17.1 Å². The van der Waals surface area contributed by atoms with Crippen molar-refractivity contribution in [1.29, 1.82) is 0 Å². The fourth-order valence-corrected chi connectivity index (χ4v) is 3.89. The van der Waals surface area contributed by atoms with Gasteiger partial charge >= 0.3 is 0 Å². The minimum absolute atomic E-state index is 0.127. The van der Waals surface area contributed by atoms with E-state index >= 15 is 0 Å². The van der Waals surface area contributed by atoms with Gasteiger partial charge in [-0.3, -0.25) is 9.36 Å². The molecule has 0 aliphatic rings. The zero-order valence-corrected chi connectivity index (χ0v) is 18.1. The lowest BCUT2D eigenvalue weighted by molar-refractivity contribution is -0.113. The number of carbonyl (C=O) groups is 1. The van der Waals surface area contributed by atoms with Crippen LogP contribution in [0.15, 0.2) is 78.1 Å². The predicted octanol–water partition coefficient (Wildman–Crippen LogP) is 4.72. The Hall–Kier alpha value is -3.36. The number of ether oxygens (including phenoxy) is 1. The summed E-state index contributed by atoms with van der Waals surface area (Å²) in [5, 5.41) is 12.3. The molecular weight excluding hydrogens is 434 g/mol. The van der Waals surface area contributed by atoms with Crippen LogP contribution in [0.3, 0.4) is 0 Å². The third-order valence-corrected chi connectivity index (χ3v) is 5.59. The fourth-order valence-electron chi connectivity index (χ4n) is 2.97. The minimum atomic E-state index is -0.221. The van der Waals surface area contributed by atoms with E-state index in [1.54, 1.807) is 25.4 Å². The number of nitrogens with zero attached hydrogens (tertiary/aromatic N) is 4. The third kappa shape index (κ3) is 4.70. The normalized spacial score (nSPS) is 10.6. The van der Waals surface area contributed by atoms with Crippen LogP contribution in [-0.2, 0) is 4.79 Å². The highest BCUT2D eigenvalue weighted by Crippen LogP contribution is 2.33. The van der Waals surface area contributed by atoms with Gasteiger partial charge in [-0.2, -0.15) is 0 Å². The van der Waals surface area contributed by atoms with E-state index in [2.05, 4.69) is 20.5 Å². The first kappa shape index (κ1) is 20.9. The number of halogens is 1. The highest BCUT2D eigenvalue weighted by atomic mass is 35.5. The van der Waals surface area contributed by atoms with Gasteiger partial charge in [-0.05, 0) is 36.4 Å². The Kier molecular flexibility index (Phi) is 6.49. The van der Waals surface area contributed by atoms with Crippen molar-refractivity contribution in [1.82, 2.24) is 19.7 Å². The summed E-state index contributed by atoms with van der Waals surface area (Å²) >= 11 is 7.30.